The van der Waals surface area contributed by atoms with Gasteiger partial charge in [0.15, 0.2) is 0 Å². The van der Waals surface area contributed by atoms with Gasteiger partial charge in [0, 0.05) is 49.7 Å². The van der Waals surface area contributed by atoms with Crippen LogP contribution in [-0.4, -0.2) is 42.3 Å². The van der Waals surface area contributed by atoms with E-state index in [0.717, 1.165) is 36.7 Å². The minimum Gasteiger partial charge on any atom is -0.383 e. The second-order valence-corrected chi connectivity index (χ2v) is 5.76. The summed E-state index contributed by atoms with van der Waals surface area (Å²) in [4.78, 5) is 11.5. The highest BCUT2D eigenvalue weighted by atomic mass is 16.5. The first-order valence-electron chi connectivity index (χ1n) is 7.81. The van der Waals surface area contributed by atoms with E-state index >= 15 is 0 Å². The van der Waals surface area contributed by atoms with Crippen molar-refractivity contribution in [2.75, 3.05) is 25.2 Å². The van der Waals surface area contributed by atoms with Gasteiger partial charge < -0.3 is 15.0 Å². The fraction of sp³-hybridized carbons (Fsp3) is 0.750. The van der Waals surface area contributed by atoms with Crippen molar-refractivity contribution in [1.29, 1.82) is 0 Å². The van der Waals surface area contributed by atoms with Gasteiger partial charge in [-0.25, -0.2) is 9.97 Å². The van der Waals surface area contributed by atoms with Crippen LogP contribution >= 0.6 is 0 Å². The molecule has 1 aromatic rings. The van der Waals surface area contributed by atoms with Gasteiger partial charge in [-0.1, -0.05) is 20.8 Å². The van der Waals surface area contributed by atoms with Crippen molar-refractivity contribution in [1.82, 2.24) is 15.3 Å². The smallest absolute Gasteiger partial charge is 0.225 e. The monoisotopic (exact) mass is 294 g/mol. The second kappa shape index (κ2) is 8.95. The Morgan fingerprint density at radius 1 is 1.33 bits per heavy atom. The van der Waals surface area contributed by atoms with Gasteiger partial charge in [0.1, 0.15) is 0 Å². The van der Waals surface area contributed by atoms with E-state index in [4.69, 9.17) is 9.72 Å². The summed E-state index contributed by atoms with van der Waals surface area (Å²) in [5.41, 5.74) is 2.20. The number of anilines is 1. The highest BCUT2D eigenvalue weighted by Gasteiger charge is 2.16. The molecule has 0 bridgehead atoms. The lowest BCUT2D eigenvalue weighted by atomic mass is 10.2. The zero-order valence-corrected chi connectivity index (χ0v) is 14.3. The summed E-state index contributed by atoms with van der Waals surface area (Å²) in [5, 5.41) is 3.41. The van der Waals surface area contributed by atoms with Crippen molar-refractivity contribution in [3.05, 3.63) is 17.5 Å². The normalized spacial score (nSPS) is 12.7. The van der Waals surface area contributed by atoms with Gasteiger partial charge in [-0.2, -0.15) is 0 Å². The summed E-state index contributed by atoms with van der Waals surface area (Å²) >= 11 is 0. The summed E-state index contributed by atoms with van der Waals surface area (Å²) < 4.78 is 5.20. The Kier molecular flexibility index (Phi) is 7.61. The topological polar surface area (TPSA) is 50.3 Å². The fourth-order valence-corrected chi connectivity index (χ4v) is 2.03. The van der Waals surface area contributed by atoms with E-state index < -0.39 is 0 Å². The van der Waals surface area contributed by atoms with Crippen LogP contribution in [-0.2, 0) is 11.3 Å². The maximum absolute atomic E-state index is 5.20. The van der Waals surface area contributed by atoms with Crippen molar-refractivity contribution in [3.8, 4) is 0 Å². The predicted molar refractivity (Wildman–Crippen MR) is 87.7 cm³/mol. The molecule has 0 amide bonds. The predicted octanol–water partition coefficient (Wildman–Crippen LogP) is 2.53. The van der Waals surface area contributed by atoms with Crippen LogP contribution in [0.25, 0.3) is 0 Å². The van der Waals surface area contributed by atoms with Gasteiger partial charge in [0.05, 0.1) is 6.61 Å². The van der Waals surface area contributed by atoms with Crippen molar-refractivity contribution < 1.29 is 4.74 Å². The third-order valence-corrected chi connectivity index (χ3v) is 3.69. The van der Waals surface area contributed by atoms with Crippen molar-refractivity contribution in [2.45, 2.75) is 59.7 Å². The number of aromatic nitrogens is 2. The zero-order valence-electron chi connectivity index (χ0n) is 14.3. The Balaban J connectivity index is 2.87. The molecule has 0 radical (unpaired) electrons. The minimum absolute atomic E-state index is 0.402. The minimum atomic E-state index is 0.402. The summed E-state index contributed by atoms with van der Waals surface area (Å²) in [6, 6.07) is 0.863. The van der Waals surface area contributed by atoms with Gasteiger partial charge in [-0.15, -0.1) is 0 Å². The molecule has 1 heterocycles. The van der Waals surface area contributed by atoms with E-state index in [1.165, 1.54) is 0 Å². The second-order valence-electron chi connectivity index (χ2n) is 5.76. The lowest BCUT2D eigenvalue weighted by Gasteiger charge is -2.28. The largest absolute Gasteiger partial charge is 0.383 e. The molecular formula is C16H30N4O. The summed E-state index contributed by atoms with van der Waals surface area (Å²) in [6.45, 7) is 13.0. The molecule has 0 saturated carbocycles. The van der Waals surface area contributed by atoms with Crippen LogP contribution in [0.15, 0.2) is 6.20 Å². The van der Waals surface area contributed by atoms with E-state index in [1.807, 2.05) is 13.1 Å². The number of ether oxygens (including phenoxy) is 1. The number of hydrogen-bond acceptors (Lipinski definition) is 5. The number of nitrogens with one attached hydrogen (secondary N) is 1. The van der Waals surface area contributed by atoms with E-state index in [2.05, 4.69) is 42.9 Å². The molecule has 1 atom stereocenters. The van der Waals surface area contributed by atoms with Crippen molar-refractivity contribution in [2.24, 2.45) is 0 Å². The maximum Gasteiger partial charge on any atom is 0.225 e. The molecule has 120 valence electrons. The molecule has 1 aromatic heterocycles. The van der Waals surface area contributed by atoms with E-state index in [0.29, 0.717) is 18.7 Å². The van der Waals surface area contributed by atoms with Crippen LogP contribution < -0.4 is 10.2 Å². The standard InChI is InChI=1S/C16H30N4O/c1-7-13(4)20(8-9-21-6)16-18-11-15(14(5)19-16)10-17-12(2)3/h11-13,17H,7-10H2,1-6H3. The van der Waals surface area contributed by atoms with Crippen LogP contribution in [0.2, 0.25) is 0 Å². The fourth-order valence-electron chi connectivity index (χ4n) is 2.03. The molecule has 1 unspecified atom stereocenters. The van der Waals surface area contributed by atoms with Gasteiger partial charge in [0.2, 0.25) is 5.95 Å². The third-order valence-electron chi connectivity index (χ3n) is 3.69. The maximum atomic E-state index is 5.20. The molecule has 5 nitrogen and oxygen atoms in total. The lowest BCUT2D eigenvalue weighted by molar-refractivity contribution is 0.203. The SMILES string of the molecule is CCC(C)N(CCOC)c1ncc(CNC(C)C)c(C)n1. The molecule has 1 rings (SSSR count). The van der Waals surface area contributed by atoms with Gasteiger partial charge in [0.25, 0.3) is 0 Å². The summed E-state index contributed by atoms with van der Waals surface area (Å²) in [6.07, 6.45) is 3.00. The molecule has 0 saturated heterocycles. The average molecular weight is 294 g/mol. The van der Waals surface area contributed by atoms with Crippen LogP contribution in [0.1, 0.15) is 45.4 Å². The van der Waals surface area contributed by atoms with Gasteiger partial charge in [-0.3, -0.25) is 0 Å². The number of hydrogen-bond donors (Lipinski definition) is 1. The Bertz CT molecular complexity index is 423. The number of methoxy groups -OCH3 is 1. The van der Waals surface area contributed by atoms with E-state index in [1.54, 1.807) is 7.11 Å². The Morgan fingerprint density at radius 3 is 2.57 bits per heavy atom. The van der Waals surface area contributed by atoms with Crippen LogP contribution in [0, 0.1) is 6.92 Å². The number of nitrogens with zero attached hydrogens (tertiary/aromatic N) is 3. The Labute approximate surface area is 129 Å². The third kappa shape index (κ3) is 5.59. The first kappa shape index (κ1) is 17.9. The van der Waals surface area contributed by atoms with Crippen LogP contribution in [0.3, 0.4) is 0 Å². The molecule has 0 aliphatic carbocycles. The number of rotatable bonds is 9. The van der Waals surface area contributed by atoms with E-state index in [-0.39, 0.29) is 0 Å². The quantitative estimate of drug-likeness (QED) is 0.758. The first-order chi connectivity index (χ1) is 9.99. The highest BCUT2D eigenvalue weighted by molar-refractivity contribution is 5.34. The lowest BCUT2D eigenvalue weighted by Crippen LogP contribution is -2.37. The average Bonchev–Trinajstić information content (AvgIpc) is 2.46. The molecule has 0 aliphatic heterocycles. The summed E-state index contributed by atoms with van der Waals surface area (Å²) in [7, 11) is 1.72. The molecule has 0 aromatic carbocycles. The molecule has 0 fully saturated rings. The molecule has 0 aliphatic rings. The van der Waals surface area contributed by atoms with Crippen molar-refractivity contribution >= 4 is 5.95 Å². The van der Waals surface area contributed by atoms with Crippen LogP contribution in [0.5, 0.6) is 0 Å². The Hall–Kier alpha value is -1.20. The zero-order chi connectivity index (χ0) is 15.8. The molecule has 1 N–H and O–H groups in total. The first-order valence-corrected chi connectivity index (χ1v) is 7.81. The van der Waals surface area contributed by atoms with Crippen molar-refractivity contribution in [3.63, 3.8) is 0 Å². The summed E-state index contributed by atoms with van der Waals surface area (Å²) in [5.74, 6) is 0.798. The molecule has 5 heteroatoms. The van der Waals surface area contributed by atoms with Gasteiger partial charge >= 0.3 is 0 Å². The highest BCUT2D eigenvalue weighted by Crippen LogP contribution is 2.15. The van der Waals surface area contributed by atoms with Gasteiger partial charge in [-0.05, 0) is 20.3 Å². The molecular weight excluding hydrogens is 264 g/mol. The van der Waals surface area contributed by atoms with E-state index in [9.17, 15) is 0 Å². The number of aryl methyl sites for hydroxylation is 1. The van der Waals surface area contributed by atoms with Crippen LogP contribution in [0.4, 0.5) is 5.95 Å². The Morgan fingerprint density at radius 2 is 2.05 bits per heavy atom. The molecule has 0 spiro atoms. The molecule has 21 heavy (non-hydrogen) atoms.